The monoisotopic (exact) mass is 302 g/mol. The first-order valence-corrected chi connectivity index (χ1v) is 7.57. The van der Waals surface area contributed by atoms with Crippen LogP contribution in [0.25, 0.3) is 0 Å². The van der Waals surface area contributed by atoms with Gasteiger partial charge in [-0.05, 0) is 35.7 Å². The summed E-state index contributed by atoms with van der Waals surface area (Å²) in [6.45, 7) is 1.94. The van der Waals surface area contributed by atoms with Crippen molar-refractivity contribution < 1.29 is 4.79 Å². The number of carbonyl (C=O) groups is 1. The molecule has 3 nitrogen and oxygen atoms in total. The Morgan fingerprint density at radius 3 is 2.30 bits per heavy atom. The van der Waals surface area contributed by atoms with E-state index in [9.17, 15) is 4.79 Å². The number of amides is 1. The summed E-state index contributed by atoms with van der Waals surface area (Å²) in [5.41, 5.74) is 3.64. The lowest BCUT2D eigenvalue weighted by molar-refractivity contribution is 0.0942. The van der Waals surface area contributed by atoms with Gasteiger partial charge in [-0.25, -0.2) is 0 Å². The number of nitrogens with one attached hydrogen (secondary N) is 1. The number of carbonyl (C=O) groups excluding carboxylic acids is 1. The summed E-state index contributed by atoms with van der Waals surface area (Å²) in [7, 11) is 0. The van der Waals surface area contributed by atoms with Gasteiger partial charge in [-0.1, -0.05) is 54.6 Å². The molecule has 1 unspecified atom stereocenters. The van der Waals surface area contributed by atoms with Crippen molar-refractivity contribution in [2.75, 3.05) is 0 Å². The number of hydrogen-bond acceptors (Lipinski definition) is 2. The third-order valence-corrected chi connectivity index (χ3v) is 3.82. The van der Waals surface area contributed by atoms with Crippen LogP contribution in [0.3, 0.4) is 0 Å². The van der Waals surface area contributed by atoms with Gasteiger partial charge in [0.2, 0.25) is 0 Å². The molecule has 3 rings (SSSR count). The minimum absolute atomic E-state index is 0.0826. The van der Waals surface area contributed by atoms with Crippen LogP contribution in [0.1, 0.15) is 33.1 Å². The highest BCUT2D eigenvalue weighted by Gasteiger charge is 2.18. The fourth-order valence-corrected chi connectivity index (χ4v) is 2.59. The van der Waals surface area contributed by atoms with E-state index < -0.39 is 0 Å². The highest BCUT2D eigenvalue weighted by atomic mass is 16.1. The van der Waals surface area contributed by atoms with Gasteiger partial charge >= 0.3 is 0 Å². The highest BCUT2D eigenvalue weighted by Crippen LogP contribution is 2.22. The molecule has 1 amide bonds. The van der Waals surface area contributed by atoms with E-state index in [0.717, 1.165) is 16.7 Å². The van der Waals surface area contributed by atoms with Crippen LogP contribution in [0.5, 0.6) is 0 Å². The van der Waals surface area contributed by atoms with E-state index in [1.165, 1.54) is 0 Å². The van der Waals surface area contributed by atoms with Crippen LogP contribution < -0.4 is 5.32 Å². The molecule has 0 radical (unpaired) electrons. The Bertz CT molecular complexity index is 746. The van der Waals surface area contributed by atoms with Gasteiger partial charge in [0.15, 0.2) is 0 Å². The first kappa shape index (κ1) is 15.0. The lowest BCUT2D eigenvalue weighted by Crippen LogP contribution is -2.29. The van der Waals surface area contributed by atoms with E-state index in [2.05, 4.69) is 10.3 Å². The largest absolute Gasteiger partial charge is 0.341 e. The Hall–Kier alpha value is -2.94. The molecule has 0 spiro atoms. The molecular formula is C20H18N2O. The fraction of sp³-hybridized carbons (Fsp3) is 0.100. The Morgan fingerprint density at radius 1 is 0.913 bits per heavy atom. The summed E-state index contributed by atoms with van der Waals surface area (Å²) in [5, 5.41) is 3.13. The number of pyridine rings is 1. The topological polar surface area (TPSA) is 42.0 Å². The maximum Gasteiger partial charge on any atom is 0.252 e. The van der Waals surface area contributed by atoms with E-state index in [1.54, 1.807) is 12.4 Å². The summed E-state index contributed by atoms with van der Waals surface area (Å²) in [4.78, 5) is 16.9. The fourth-order valence-electron chi connectivity index (χ4n) is 2.59. The Morgan fingerprint density at radius 2 is 1.61 bits per heavy atom. The first-order valence-electron chi connectivity index (χ1n) is 7.57. The maximum atomic E-state index is 12.7. The van der Waals surface area contributed by atoms with Crippen LogP contribution in [0.2, 0.25) is 0 Å². The molecule has 3 aromatic rings. The SMILES string of the molecule is Cc1ccccc1C(=O)NC(c1ccccc1)c1cccnc1. The number of hydrogen-bond donors (Lipinski definition) is 1. The van der Waals surface area contributed by atoms with Gasteiger partial charge in [-0.3, -0.25) is 9.78 Å². The normalized spacial score (nSPS) is 11.7. The predicted molar refractivity (Wildman–Crippen MR) is 91.2 cm³/mol. The summed E-state index contributed by atoms with van der Waals surface area (Å²) in [5.74, 6) is -0.0826. The van der Waals surface area contributed by atoms with Gasteiger partial charge in [0.25, 0.3) is 5.91 Å². The molecule has 0 aliphatic rings. The second-order valence-corrected chi connectivity index (χ2v) is 5.42. The molecular weight excluding hydrogens is 284 g/mol. The third kappa shape index (κ3) is 3.46. The van der Waals surface area contributed by atoms with Gasteiger partial charge < -0.3 is 5.32 Å². The van der Waals surface area contributed by atoms with E-state index in [1.807, 2.05) is 73.7 Å². The number of aromatic nitrogens is 1. The van der Waals surface area contributed by atoms with Crippen LogP contribution in [0, 0.1) is 6.92 Å². The zero-order valence-corrected chi connectivity index (χ0v) is 12.9. The number of aryl methyl sites for hydroxylation is 1. The van der Waals surface area contributed by atoms with Crippen molar-refractivity contribution in [3.8, 4) is 0 Å². The zero-order chi connectivity index (χ0) is 16.1. The molecule has 3 heteroatoms. The van der Waals surface area contributed by atoms with Gasteiger partial charge in [-0.2, -0.15) is 0 Å². The van der Waals surface area contributed by atoms with E-state index in [4.69, 9.17) is 0 Å². The minimum atomic E-state index is -0.225. The second kappa shape index (κ2) is 6.88. The lowest BCUT2D eigenvalue weighted by atomic mass is 9.99. The average molecular weight is 302 g/mol. The molecule has 0 aliphatic heterocycles. The number of rotatable bonds is 4. The molecule has 1 aromatic heterocycles. The van der Waals surface area contributed by atoms with Crippen LogP contribution in [0.15, 0.2) is 79.1 Å². The van der Waals surface area contributed by atoms with Crippen LogP contribution >= 0.6 is 0 Å². The lowest BCUT2D eigenvalue weighted by Gasteiger charge is -2.20. The maximum absolute atomic E-state index is 12.7. The predicted octanol–water partition coefficient (Wildman–Crippen LogP) is 3.91. The average Bonchev–Trinajstić information content (AvgIpc) is 2.61. The molecule has 23 heavy (non-hydrogen) atoms. The quantitative estimate of drug-likeness (QED) is 0.794. The zero-order valence-electron chi connectivity index (χ0n) is 12.9. The van der Waals surface area contributed by atoms with Crippen molar-refractivity contribution in [2.45, 2.75) is 13.0 Å². The molecule has 1 heterocycles. The van der Waals surface area contributed by atoms with Crippen LogP contribution in [-0.4, -0.2) is 10.9 Å². The third-order valence-electron chi connectivity index (χ3n) is 3.82. The Labute approximate surface area is 136 Å². The molecule has 1 N–H and O–H groups in total. The van der Waals surface area contributed by atoms with Gasteiger partial charge in [0, 0.05) is 18.0 Å². The smallest absolute Gasteiger partial charge is 0.252 e. The summed E-state index contributed by atoms with van der Waals surface area (Å²) in [6.07, 6.45) is 3.52. The van der Waals surface area contributed by atoms with Gasteiger partial charge in [0.05, 0.1) is 6.04 Å². The van der Waals surface area contributed by atoms with Crippen LogP contribution in [0.4, 0.5) is 0 Å². The van der Waals surface area contributed by atoms with Gasteiger partial charge in [-0.15, -0.1) is 0 Å². The molecule has 0 fully saturated rings. The minimum Gasteiger partial charge on any atom is -0.341 e. The summed E-state index contributed by atoms with van der Waals surface area (Å²) in [6, 6.07) is 21.2. The molecule has 0 bridgehead atoms. The van der Waals surface area contributed by atoms with Crippen molar-refractivity contribution in [1.82, 2.24) is 10.3 Å². The molecule has 2 aromatic carbocycles. The molecule has 0 saturated carbocycles. The number of nitrogens with zero attached hydrogens (tertiary/aromatic N) is 1. The molecule has 0 aliphatic carbocycles. The molecule has 0 saturated heterocycles. The van der Waals surface area contributed by atoms with E-state index in [0.29, 0.717) is 5.56 Å². The van der Waals surface area contributed by atoms with Crippen molar-refractivity contribution in [3.63, 3.8) is 0 Å². The highest BCUT2D eigenvalue weighted by molar-refractivity contribution is 5.96. The Kier molecular flexibility index (Phi) is 4.48. The summed E-state index contributed by atoms with van der Waals surface area (Å²) >= 11 is 0. The first-order chi connectivity index (χ1) is 11.3. The van der Waals surface area contributed by atoms with Crippen LogP contribution in [-0.2, 0) is 0 Å². The molecule has 1 atom stereocenters. The number of benzene rings is 2. The molecule has 114 valence electrons. The van der Waals surface area contributed by atoms with E-state index in [-0.39, 0.29) is 11.9 Å². The Balaban J connectivity index is 1.94. The van der Waals surface area contributed by atoms with Crippen molar-refractivity contribution in [2.24, 2.45) is 0 Å². The van der Waals surface area contributed by atoms with Crippen molar-refractivity contribution in [3.05, 3.63) is 101 Å². The standard InChI is InChI=1S/C20H18N2O/c1-15-8-5-6-12-18(15)20(23)22-19(16-9-3-2-4-10-16)17-11-7-13-21-14-17/h2-14,19H,1H3,(H,22,23). The van der Waals surface area contributed by atoms with Crippen molar-refractivity contribution >= 4 is 5.91 Å². The van der Waals surface area contributed by atoms with Crippen molar-refractivity contribution in [1.29, 1.82) is 0 Å². The second-order valence-electron chi connectivity index (χ2n) is 5.42. The summed E-state index contributed by atoms with van der Waals surface area (Å²) < 4.78 is 0. The van der Waals surface area contributed by atoms with E-state index >= 15 is 0 Å². The van der Waals surface area contributed by atoms with Gasteiger partial charge in [0.1, 0.15) is 0 Å².